The summed E-state index contributed by atoms with van der Waals surface area (Å²) in [5.74, 6) is 0.344. The van der Waals surface area contributed by atoms with Crippen molar-refractivity contribution in [3.05, 3.63) is 18.2 Å². The lowest BCUT2D eigenvalue weighted by Gasteiger charge is -2.21. The quantitative estimate of drug-likeness (QED) is 0.680. The van der Waals surface area contributed by atoms with Gasteiger partial charge in [0, 0.05) is 12.1 Å². The molecule has 2 fully saturated rings. The monoisotopic (exact) mass is 193 g/mol. The first kappa shape index (κ1) is 8.15. The summed E-state index contributed by atoms with van der Waals surface area (Å²) in [6.07, 6.45) is 7.47. The number of halogens is 1. The molecule has 0 saturated carbocycles. The molecule has 1 aromatic heterocycles. The molecule has 3 rings (SSSR count). The third-order valence-corrected chi connectivity index (χ3v) is 3.29. The predicted octanol–water partition coefficient (Wildman–Crippen LogP) is 1.75. The van der Waals surface area contributed by atoms with Gasteiger partial charge >= 0.3 is 0 Å². The molecule has 0 atom stereocenters. The van der Waals surface area contributed by atoms with Crippen LogP contribution in [0.25, 0.3) is 0 Å². The highest BCUT2D eigenvalue weighted by Crippen LogP contribution is 2.39. The van der Waals surface area contributed by atoms with Gasteiger partial charge in [-0.2, -0.15) is 0 Å². The fourth-order valence-corrected chi connectivity index (χ4v) is 2.68. The van der Waals surface area contributed by atoms with Gasteiger partial charge < -0.3 is 4.90 Å². The fraction of sp³-hybridized carbons (Fsp3) is 0.600. The lowest BCUT2D eigenvalue weighted by Crippen LogP contribution is -2.29. The van der Waals surface area contributed by atoms with E-state index in [1.165, 1.54) is 38.1 Å². The smallest absolute Gasteiger partial charge is 0.225 e. The molecule has 0 spiro atoms. The largest absolute Gasteiger partial charge is 0.335 e. The van der Waals surface area contributed by atoms with Crippen LogP contribution in [0.2, 0.25) is 0 Å². The average Bonchev–Trinajstić information content (AvgIpc) is 2.78. The number of aromatic nitrogens is 2. The van der Waals surface area contributed by atoms with Crippen LogP contribution in [-0.2, 0) is 0 Å². The first-order valence-electron chi connectivity index (χ1n) is 5.10. The van der Waals surface area contributed by atoms with Gasteiger partial charge in [-0.1, -0.05) is 0 Å². The standard InChI is InChI=1S/C10H12FN3/c11-7-5-12-10(13-6-7)14-8-1-2-9(14)4-3-8/h5-6,8-9H,1-4H2. The fourth-order valence-electron chi connectivity index (χ4n) is 2.68. The SMILES string of the molecule is Fc1cnc(N2C3CCC2CC3)nc1. The van der Waals surface area contributed by atoms with Crippen LogP contribution in [-0.4, -0.2) is 22.1 Å². The molecule has 0 amide bonds. The van der Waals surface area contributed by atoms with Gasteiger partial charge in [-0.3, -0.25) is 0 Å². The van der Waals surface area contributed by atoms with Crippen molar-refractivity contribution < 1.29 is 4.39 Å². The van der Waals surface area contributed by atoms with Gasteiger partial charge in [0.2, 0.25) is 5.95 Å². The lowest BCUT2D eigenvalue weighted by atomic mass is 10.0. The normalized spacial score (nSPS) is 29.9. The zero-order valence-corrected chi connectivity index (χ0v) is 7.86. The number of fused-ring (bicyclic) bond motifs is 2. The highest BCUT2D eigenvalue weighted by Gasteiger charge is 2.40. The van der Waals surface area contributed by atoms with E-state index in [-0.39, 0.29) is 5.82 Å². The third kappa shape index (κ3) is 1.10. The van der Waals surface area contributed by atoms with Crippen molar-refractivity contribution in [1.29, 1.82) is 0 Å². The van der Waals surface area contributed by atoms with E-state index < -0.39 is 0 Å². The minimum absolute atomic E-state index is 0.361. The van der Waals surface area contributed by atoms with Gasteiger partial charge in [0.1, 0.15) is 0 Å². The first-order valence-corrected chi connectivity index (χ1v) is 5.10. The minimum atomic E-state index is -0.361. The molecule has 0 aliphatic carbocycles. The molecule has 2 aliphatic heterocycles. The maximum absolute atomic E-state index is 12.6. The summed E-state index contributed by atoms with van der Waals surface area (Å²) in [5, 5.41) is 0. The molecule has 4 heteroatoms. The molecule has 0 aromatic carbocycles. The Morgan fingerprint density at radius 2 is 1.57 bits per heavy atom. The Bertz CT molecular complexity index is 318. The highest BCUT2D eigenvalue weighted by molar-refractivity contribution is 5.37. The van der Waals surface area contributed by atoms with Gasteiger partial charge in [-0.25, -0.2) is 14.4 Å². The Hall–Kier alpha value is -1.19. The van der Waals surface area contributed by atoms with Crippen molar-refractivity contribution in [3.63, 3.8) is 0 Å². The van der Waals surface area contributed by atoms with Crippen LogP contribution in [0.3, 0.4) is 0 Å². The second-order valence-corrected chi connectivity index (χ2v) is 4.07. The van der Waals surface area contributed by atoms with E-state index in [0.717, 1.165) is 0 Å². The molecule has 3 nitrogen and oxygen atoms in total. The van der Waals surface area contributed by atoms with E-state index in [0.29, 0.717) is 18.0 Å². The average molecular weight is 193 g/mol. The Morgan fingerprint density at radius 1 is 1.07 bits per heavy atom. The number of anilines is 1. The van der Waals surface area contributed by atoms with E-state index in [4.69, 9.17) is 0 Å². The second-order valence-electron chi connectivity index (χ2n) is 4.07. The van der Waals surface area contributed by atoms with Crippen molar-refractivity contribution in [3.8, 4) is 0 Å². The van der Waals surface area contributed by atoms with E-state index in [1.54, 1.807) is 0 Å². The summed E-state index contributed by atoms with van der Waals surface area (Å²) in [7, 11) is 0. The summed E-state index contributed by atoms with van der Waals surface area (Å²) >= 11 is 0. The molecule has 0 N–H and O–H groups in total. The Morgan fingerprint density at radius 3 is 2.07 bits per heavy atom. The van der Waals surface area contributed by atoms with Crippen LogP contribution in [0.1, 0.15) is 25.7 Å². The van der Waals surface area contributed by atoms with E-state index in [9.17, 15) is 4.39 Å². The molecule has 2 saturated heterocycles. The summed E-state index contributed by atoms with van der Waals surface area (Å²) in [6.45, 7) is 0. The molecule has 0 unspecified atom stereocenters. The maximum atomic E-state index is 12.6. The summed E-state index contributed by atoms with van der Waals surface area (Å²) in [4.78, 5) is 10.3. The van der Waals surface area contributed by atoms with Crippen molar-refractivity contribution in [2.75, 3.05) is 4.90 Å². The Labute approximate surface area is 82.0 Å². The topological polar surface area (TPSA) is 29.0 Å². The third-order valence-electron chi connectivity index (χ3n) is 3.29. The Kier molecular flexibility index (Phi) is 1.69. The van der Waals surface area contributed by atoms with Crippen molar-refractivity contribution in [1.82, 2.24) is 9.97 Å². The Balaban J connectivity index is 1.92. The number of nitrogens with zero attached hydrogens (tertiary/aromatic N) is 3. The lowest BCUT2D eigenvalue weighted by molar-refractivity contribution is 0.576. The summed E-state index contributed by atoms with van der Waals surface area (Å²) in [5.41, 5.74) is 0. The molecule has 0 radical (unpaired) electrons. The van der Waals surface area contributed by atoms with Crippen LogP contribution >= 0.6 is 0 Å². The van der Waals surface area contributed by atoms with E-state index in [2.05, 4.69) is 14.9 Å². The molecular formula is C10H12FN3. The molecule has 1 aromatic rings. The summed E-state index contributed by atoms with van der Waals surface area (Å²) in [6, 6.07) is 1.20. The number of hydrogen-bond acceptors (Lipinski definition) is 3. The molecule has 2 aliphatic rings. The molecular weight excluding hydrogens is 181 g/mol. The van der Waals surface area contributed by atoms with Crippen LogP contribution in [0, 0.1) is 5.82 Å². The highest BCUT2D eigenvalue weighted by atomic mass is 19.1. The number of hydrogen-bond donors (Lipinski definition) is 0. The van der Waals surface area contributed by atoms with Gasteiger partial charge in [-0.15, -0.1) is 0 Å². The van der Waals surface area contributed by atoms with Crippen molar-refractivity contribution >= 4 is 5.95 Å². The molecule has 3 heterocycles. The molecule has 74 valence electrons. The zero-order chi connectivity index (χ0) is 9.54. The van der Waals surface area contributed by atoms with Crippen molar-refractivity contribution in [2.24, 2.45) is 0 Å². The van der Waals surface area contributed by atoms with Gasteiger partial charge in [0.15, 0.2) is 5.82 Å². The number of rotatable bonds is 1. The molecule has 2 bridgehead atoms. The predicted molar refractivity (Wildman–Crippen MR) is 50.5 cm³/mol. The van der Waals surface area contributed by atoms with Crippen LogP contribution in [0.15, 0.2) is 12.4 Å². The minimum Gasteiger partial charge on any atom is -0.335 e. The van der Waals surface area contributed by atoms with E-state index in [1.807, 2.05) is 0 Å². The molecule has 14 heavy (non-hydrogen) atoms. The summed E-state index contributed by atoms with van der Waals surface area (Å²) < 4.78 is 12.6. The van der Waals surface area contributed by atoms with Gasteiger partial charge in [0.05, 0.1) is 12.4 Å². The maximum Gasteiger partial charge on any atom is 0.225 e. The van der Waals surface area contributed by atoms with Crippen LogP contribution in [0.4, 0.5) is 10.3 Å². The van der Waals surface area contributed by atoms with Crippen molar-refractivity contribution in [2.45, 2.75) is 37.8 Å². The first-order chi connectivity index (χ1) is 6.84. The van der Waals surface area contributed by atoms with Gasteiger partial charge in [-0.05, 0) is 25.7 Å². The van der Waals surface area contributed by atoms with E-state index >= 15 is 0 Å². The van der Waals surface area contributed by atoms with Crippen LogP contribution in [0.5, 0.6) is 0 Å². The van der Waals surface area contributed by atoms with Crippen LogP contribution < -0.4 is 4.90 Å². The second kappa shape index (κ2) is 2.90. The zero-order valence-electron chi connectivity index (χ0n) is 7.86. The van der Waals surface area contributed by atoms with Gasteiger partial charge in [0.25, 0.3) is 0 Å².